The first kappa shape index (κ1) is 13.3. The number of amides is 1. The standard InChI is InChI=1S/C12H18N6O/c1-9-11(6-15-17-9)4-3-5-14-12(19)10(2)18-8-13-7-16-18/h6-8,10H,3-5H2,1-2H3,(H,14,19)(H,15,17). The Kier molecular flexibility index (Phi) is 4.27. The van der Waals surface area contributed by atoms with Crippen LogP contribution in [0.25, 0.3) is 0 Å². The lowest BCUT2D eigenvalue weighted by atomic mass is 10.1. The Labute approximate surface area is 111 Å². The lowest BCUT2D eigenvalue weighted by Gasteiger charge is -2.11. The molecular weight excluding hydrogens is 244 g/mol. The quantitative estimate of drug-likeness (QED) is 0.747. The molecule has 7 heteroatoms. The lowest BCUT2D eigenvalue weighted by Crippen LogP contribution is -2.32. The number of hydrogen-bond donors (Lipinski definition) is 2. The van der Waals surface area contributed by atoms with Crippen molar-refractivity contribution in [1.82, 2.24) is 30.3 Å². The summed E-state index contributed by atoms with van der Waals surface area (Å²) in [7, 11) is 0. The van der Waals surface area contributed by atoms with E-state index >= 15 is 0 Å². The van der Waals surface area contributed by atoms with Gasteiger partial charge in [0, 0.05) is 12.2 Å². The van der Waals surface area contributed by atoms with Crippen LogP contribution in [0.5, 0.6) is 0 Å². The molecule has 0 spiro atoms. The molecule has 0 radical (unpaired) electrons. The van der Waals surface area contributed by atoms with Gasteiger partial charge in [-0.2, -0.15) is 10.2 Å². The van der Waals surface area contributed by atoms with Gasteiger partial charge < -0.3 is 5.32 Å². The second kappa shape index (κ2) is 6.12. The van der Waals surface area contributed by atoms with E-state index in [1.807, 2.05) is 13.1 Å². The van der Waals surface area contributed by atoms with Crippen molar-refractivity contribution in [2.75, 3.05) is 6.54 Å². The van der Waals surface area contributed by atoms with Gasteiger partial charge in [0.1, 0.15) is 18.7 Å². The summed E-state index contributed by atoms with van der Waals surface area (Å²) in [6.07, 6.45) is 6.58. The van der Waals surface area contributed by atoms with Crippen molar-refractivity contribution in [1.29, 1.82) is 0 Å². The van der Waals surface area contributed by atoms with Crippen molar-refractivity contribution in [3.05, 3.63) is 30.1 Å². The molecule has 0 aliphatic carbocycles. The third-order valence-electron chi connectivity index (χ3n) is 3.07. The summed E-state index contributed by atoms with van der Waals surface area (Å²) in [6.45, 7) is 4.43. The molecule has 0 fully saturated rings. The predicted octanol–water partition coefficient (Wildman–Crippen LogP) is 0.620. The number of nitrogens with zero attached hydrogens (tertiary/aromatic N) is 4. The van der Waals surface area contributed by atoms with Gasteiger partial charge in [-0.1, -0.05) is 0 Å². The minimum Gasteiger partial charge on any atom is -0.354 e. The number of H-pyrrole nitrogens is 1. The molecule has 2 heterocycles. The first-order valence-electron chi connectivity index (χ1n) is 6.29. The zero-order valence-corrected chi connectivity index (χ0v) is 11.1. The Morgan fingerprint density at radius 1 is 1.58 bits per heavy atom. The maximum Gasteiger partial charge on any atom is 0.244 e. The zero-order valence-electron chi connectivity index (χ0n) is 11.1. The van der Waals surface area contributed by atoms with Gasteiger partial charge in [-0.15, -0.1) is 0 Å². The third kappa shape index (κ3) is 3.40. The van der Waals surface area contributed by atoms with Crippen LogP contribution < -0.4 is 5.32 Å². The summed E-state index contributed by atoms with van der Waals surface area (Å²) < 4.78 is 1.54. The summed E-state index contributed by atoms with van der Waals surface area (Å²) >= 11 is 0. The molecule has 102 valence electrons. The van der Waals surface area contributed by atoms with Gasteiger partial charge in [0.2, 0.25) is 5.91 Å². The lowest BCUT2D eigenvalue weighted by molar-refractivity contribution is -0.124. The van der Waals surface area contributed by atoms with Gasteiger partial charge in [0.15, 0.2) is 0 Å². The second-order valence-corrected chi connectivity index (χ2v) is 4.47. The Morgan fingerprint density at radius 3 is 3.05 bits per heavy atom. The monoisotopic (exact) mass is 262 g/mol. The van der Waals surface area contributed by atoms with Crippen LogP contribution in [0.2, 0.25) is 0 Å². The number of carbonyl (C=O) groups is 1. The molecule has 1 amide bonds. The van der Waals surface area contributed by atoms with E-state index in [4.69, 9.17) is 0 Å². The fourth-order valence-corrected chi connectivity index (χ4v) is 1.80. The Balaban J connectivity index is 1.71. The molecule has 0 aliphatic heterocycles. The molecule has 0 aromatic carbocycles. The molecule has 7 nitrogen and oxygen atoms in total. The highest BCUT2D eigenvalue weighted by Gasteiger charge is 2.14. The number of rotatable bonds is 6. The Hall–Kier alpha value is -2.18. The smallest absolute Gasteiger partial charge is 0.244 e. The molecule has 2 aromatic rings. The highest BCUT2D eigenvalue weighted by atomic mass is 16.2. The van der Waals surface area contributed by atoms with E-state index in [9.17, 15) is 4.79 Å². The summed E-state index contributed by atoms with van der Waals surface area (Å²) in [5, 5.41) is 13.7. The highest BCUT2D eigenvalue weighted by Crippen LogP contribution is 2.06. The van der Waals surface area contributed by atoms with Crippen LogP contribution in [-0.4, -0.2) is 37.4 Å². The average molecular weight is 262 g/mol. The van der Waals surface area contributed by atoms with Crippen LogP contribution in [-0.2, 0) is 11.2 Å². The Bertz CT molecular complexity index is 518. The molecule has 2 rings (SSSR count). The molecular formula is C12H18N6O. The SMILES string of the molecule is Cc1[nH]ncc1CCCNC(=O)C(C)n1cncn1. The normalized spacial score (nSPS) is 12.3. The maximum atomic E-state index is 11.9. The maximum absolute atomic E-state index is 11.9. The van der Waals surface area contributed by atoms with Crippen molar-refractivity contribution >= 4 is 5.91 Å². The number of carbonyl (C=O) groups excluding carboxylic acids is 1. The van der Waals surface area contributed by atoms with Crippen LogP contribution in [0.15, 0.2) is 18.9 Å². The summed E-state index contributed by atoms with van der Waals surface area (Å²) in [4.78, 5) is 15.7. The highest BCUT2D eigenvalue weighted by molar-refractivity contribution is 5.79. The first-order valence-corrected chi connectivity index (χ1v) is 6.29. The largest absolute Gasteiger partial charge is 0.354 e. The molecule has 1 atom stereocenters. The third-order valence-corrected chi connectivity index (χ3v) is 3.07. The fourth-order valence-electron chi connectivity index (χ4n) is 1.80. The summed E-state index contributed by atoms with van der Waals surface area (Å²) in [5.41, 5.74) is 2.28. The van der Waals surface area contributed by atoms with Gasteiger partial charge in [-0.05, 0) is 32.3 Å². The molecule has 2 N–H and O–H groups in total. The molecule has 1 unspecified atom stereocenters. The molecule has 2 aromatic heterocycles. The second-order valence-electron chi connectivity index (χ2n) is 4.47. The molecule has 0 aliphatic rings. The summed E-state index contributed by atoms with van der Waals surface area (Å²) in [5.74, 6) is -0.0468. The molecule has 19 heavy (non-hydrogen) atoms. The predicted molar refractivity (Wildman–Crippen MR) is 69.4 cm³/mol. The van der Waals surface area contributed by atoms with Gasteiger partial charge in [0.05, 0.1) is 6.20 Å². The van der Waals surface area contributed by atoms with Gasteiger partial charge in [-0.25, -0.2) is 9.67 Å². The molecule has 0 saturated heterocycles. The van der Waals surface area contributed by atoms with Crippen LogP contribution >= 0.6 is 0 Å². The van der Waals surface area contributed by atoms with E-state index in [-0.39, 0.29) is 11.9 Å². The number of aromatic nitrogens is 5. The number of aryl methyl sites for hydroxylation is 2. The van der Waals surface area contributed by atoms with E-state index in [1.165, 1.54) is 16.6 Å². The topological polar surface area (TPSA) is 88.5 Å². The van der Waals surface area contributed by atoms with Crippen molar-refractivity contribution in [3.63, 3.8) is 0 Å². The summed E-state index contributed by atoms with van der Waals surface area (Å²) in [6, 6.07) is -0.335. The van der Waals surface area contributed by atoms with E-state index in [0.29, 0.717) is 6.54 Å². The van der Waals surface area contributed by atoms with E-state index < -0.39 is 0 Å². The van der Waals surface area contributed by atoms with Crippen LogP contribution in [0.1, 0.15) is 30.6 Å². The zero-order chi connectivity index (χ0) is 13.7. The minimum atomic E-state index is -0.335. The average Bonchev–Trinajstić information content (AvgIpc) is 3.05. The molecule has 0 saturated carbocycles. The van der Waals surface area contributed by atoms with Crippen molar-refractivity contribution in [2.45, 2.75) is 32.7 Å². The fraction of sp³-hybridized carbons (Fsp3) is 0.500. The Morgan fingerprint density at radius 2 is 2.42 bits per heavy atom. The van der Waals surface area contributed by atoms with Gasteiger partial charge >= 0.3 is 0 Å². The minimum absolute atomic E-state index is 0.0468. The van der Waals surface area contributed by atoms with Crippen molar-refractivity contribution in [3.8, 4) is 0 Å². The van der Waals surface area contributed by atoms with Crippen molar-refractivity contribution in [2.24, 2.45) is 0 Å². The van der Waals surface area contributed by atoms with E-state index in [0.717, 1.165) is 18.5 Å². The van der Waals surface area contributed by atoms with Gasteiger partial charge in [0.25, 0.3) is 0 Å². The van der Waals surface area contributed by atoms with E-state index in [2.05, 4.69) is 25.6 Å². The number of aromatic amines is 1. The van der Waals surface area contributed by atoms with Crippen molar-refractivity contribution < 1.29 is 4.79 Å². The van der Waals surface area contributed by atoms with Crippen LogP contribution in [0.4, 0.5) is 0 Å². The van der Waals surface area contributed by atoms with Crippen LogP contribution in [0, 0.1) is 6.92 Å². The van der Waals surface area contributed by atoms with E-state index in [1.54, 1.807) is 13.3 Å². The molecule has 0 bridgehead atoms. The first-order chi connectivity index (χ1) is 9.18. The number of nitrogens with one attached hydrogen (secondary N) is 2. The number of hydrogen-bond acceptors (Lipinski definition) is 4. The van der Waals surface area contributed by atoms with Gasteiger partial charge in [-0.3, -0.25) is 9.89 Å². The van der Waals surface area contributed by atoms with Crippen LogP contribution in [0.3, 0.4) is 0 Å².